The van der Waals surface area contributed by atoms with Crippen LogP contribution in [0.1, 0.15) is 16.7 Å². The van der Waals surface area contributed by atoms with Gasteiger partial charge in [-0.2, -0.15) is 0 Å². The molecule has 0 aromatic heterocycles. The number of aliphatic imine (C=N–C) groups is 1. The van der Waals surface area contributed by atoms with Gasteiger partial charge in [0.25, 0.3) is 0 Å². The summed E-state index contributed by atoms with van der Waals surface area (Å²) in [7, 11) is 0. The first-order chi connectivity index (χ1) is 11.1. The molecule has 0 amide bonds. The van der Waals surface area contributed by atoms with E-state index in [0.29, 0.717) is 15.1 Å². The highest BCUT2D eigenvalue weighted by Gasteiger charge is 2.15. The number of benzene rings is 3. The molecule has 2 nitrogen and oxygen atoms in total. The topological polar surface area (TPSA) is 32.6 Å². The third kappa shape index (κ3) is 2.54. The molecule has 1 aliphatic carbocycles. The second kappa shape index (κ2) is 5.66. The number of halogens is 2. The van der Waals surface area contributed by atoms with Gasteiger partial charge in [-0.3, -0.25) is 4.99 Å². The molecule has 0 unspecified atom stereocenters. The highest BCUT2D eigenvalue weighted by atomic mass is 79.9. The first-order valence-electron chi connectivity index (χ1n) is 7.39. The van der Waals surface area contributed by atoms with Gasteiger partial charge >= 0.3 is 0 Å². The predicted octanol–water partition coefficient (Wildman–Crippen LogP) is 5.81. The van der Waals surface area contributed by atoms with Gasteiger partial charge in [0.2, 0.25) is 0 Å². The molecule has 0 heterocycles. The molecular formula is C19H13BrClNO. The Morgan fingerprint density at radius 3 is 2.70 bits per heavy atom. The van der Waals surface area contributed by atoms with Crippen LogP contribution in [0.5, 0.6) is 5.75 Å². The van der Waals surface area contributed by atoms with Crippen LogP contribution < -0.4 is 0 Å². The Morgan fingerprint density at radius 1 is 1.09 bits per heavy atom. The fourth-order valence-corrected chi connectivity index (χ4v) is 4.00. The van der Waals surface area contributed by atoms with Gasteiger partial charge in [-0.15, -0.1) is 0 Å². The van der Waals surface area contributed by atoms with E-state index in [9.17, 15) is 5.11 Å². The molecule has 3 aromatic rings. The van der Waals surface area contributed by atoms with E-state index >= 15 is 0 Å². The van der Waals surface area contributed by atoms with E-state index in [0.717, 1.165) is 23.9 Å². The van der Waals surface area contributed by atoms with Gasteiger partial charge in [-0.05, 0) is 63.5 Å². The summed E-state index contributed by atoms with van der Waals surface area (Å²) in [4.78, 5) is 4.59. The van der Waals surface area contributed by atoms with Crippen molar-refractivity contribution in [2.75, 3.05) is 0 Å². The lowest BCUT2D eigenvalue weighted by Gasteiger charge is -2.06. The Hall–Kier alpha value is -1.84. The lowest BCUT2D eigenvalue weighted by Crippen LogP contribution is -1.85. The number of nitrogens with zero attached hydrogens (tertiary/aromatic N) is 1. The van der Waals surface area contributed by atoms with Crippen molar-refractivity contribution in [2.24, 2.45) is 4.99 Å². The summed E-state index contributed by atoms with van der Waals surface area (Å²) in [5.41, 5.74) is 4.28. The van der Waals surface area contributed by atoms with E-state index < -0.39 is 0 Å². The monoisotopic (exact) mass is 385 g/mol. The largest absolute Gasteiger partial charge is 0.506 e. The zero-order valence-electron chi connectivity index (χ0n) is 12.2. The van der Waals surface area contributed by atoms with Crippen molar-refractivity contribution in [3.63, 3.8) is 0 Å². The molecule has 114 valence electrons. The first-order valence-corrected chi connectivity index (χ1v) is 8.56. The molecule has 1 aliphatic rings. The third-order valence-corrected chi connectivity index (χ3v) is 5.08. The number of phenols is 1. The first kappa shape index (κ1) is 14.7. The van der Waals surface area contributed by atoms with E-state index in [1.54, 1.807) is 18.3 Å². The Bertz CT molecular complexity index is 955. The van der Waals surface area contributed by atoms with Crippen molar-refractivity contribution >= 4 is 50.2 Å². The molecular weight excluding hydrogens is 374 g/mol. The van der Waals surface area contributed by atoms with Gasteiger partial charge in [0.05, 0.1) is 10.2 Å². The Balaban J connectivity index is 1.83. The summed E-state index contributed by atoms with van der Waals surface area (Å²) in [6.07, 6.45) is 3.86. The molecule has 0 spiro atoms. The quantitative estimate of drug-likeness (QED) is 0.554. The molecule has 23 heavy (non-hydrogen) atoms. The van der Waals surface area contributed by atoms with Crippen LogP contribution in [-0.4, -0.2) is 11.3 Å². The molecule has 0 saturated heterocycles. The number of phenolic OH excluding ortho intramolecular Hbond substituents is 1. The maximum absolute atomic E-state index is 10.1. The fourth-order valence-electron chi connectivity index (χ4n) is 3.17. The lowest BCUT2D eigenvalue weighted by atomic mass is 10.0. The standard InChI is InChI=1S/C19H13BrClNO/c20-16-9-14(21)8-13(19(16)23)10-22-17-7-6-12-5-4-11-2-1-3-15(17)18(11)12/h1-3,6-10,23H,4-5H2. The number of aryl methyl sites for hydroxylation is 2. The molecule has 1 N–H and O–H groups in total. The molecule has 0 atom stereocenters. The molecule has 0 fully saturated rings. The Morgan fingerprint density at radius 2 is 1.87 bits per heavy atom. The molecule has 0 bridgehead atoms. The van der Waals surface area contributed by atoms with E-state index in [-0.39, 0.29) is 5.75 Å². The van der Waals surface area contributed by atoms with Gasteiger partial charge in [0.1, 0.15) is 5.75 Å². The maximum Gasteiger partial charge on any atom is 0.138 e. The number of rotatable bonds is 2. The zero-order valence-corrected chi connectivity index (χ0v) is 14.5. The normalized spacial score (nSPS) is 13.3. The Kier molecular flexibility index (Phi) is 3.63. The minimum Gasteiger partial charge on any atom is -0.506 e. The van der Waals surface area contributed by atoms with Crippen molar-refractivity contribution in [1.82, 2.24) is 0 Å². The van der Waals surface area contributed by atoms with Gasteiger partial charge in [-0.1, -0.05) is 35.9 Å². The molecule has 0 saturated carbocycles. The van der Waals surface area contributed by atoms with Crippen LogP contribution in [0.25, 0.3) is 10.8 Å². The Labute approximate surface area is 147 Å². The summed E-state index contributed by atoms with van der Waals surface area (Å²) in [5.74, 6) is 0.143. The minimum atomic E-state index is 0.143. The molecule has 4 heteroatoms. The van der Waals surface area contributed by atoms with E-state index in [1.807, 2.05) is 6.07 Å². The van der Waals surface area contributed by atoms with Gasteiger partial charge < -0.3 is 5.11 Å². The average molecular weight is 387 g/mol. The highest BCUT2D eigenvalue weighted by molar-refractivity contribution is 9.10. The second-order valence-corrected chi connectivity index (χ2v) is 6.96. The van der Waals surface area contributed by atoms with Crippen molar-refractivity contribution in [3.05, 3.63) is 68.7 Å². The predicted molar refractivity (Wildman–Crippen MR) is 99.4 cm³/mol. The van der Waals surface area contributed by atoms with Crippen molar-refractivity contribution in [1.29, 1.82) is 0 Å². The molecule has 3 aromatic carbocycles. The fraction of sp³-hybridized carbons (Fsp3) is 0.105. The SMILES string of the molecule is Oc1c(Br)cc(Cl)cc1C=Nc1ccc2c3c(cccc13)CC2. The van der Waals surface area contributed by atoms with Crippen LogP contribution in [0.3, 0.4) is 0 Å². The maximum atomic E-state index is 10.1. The number of aromatic hydroxyl groups is 1. The summed E-state index contributed by atoms with van der Waals surface area (Å²) >= 11 is 9.34. The van der Waals surface area contributed by atoms with Crippen molar-refractivity contribution < 1.29 is 5.11 Å². The van der Waals surface area contributed by atoms with Crippen molar-refractivity contribution in [2.45, 2.75) is 12.8 Å². The van der Waals surface area contributed by atoms with Crippen LogP contribution in [0.2, 0.25) is 5.02 Å². The minimum absolute atomic E-state index is 0.143. The van der Waals surface area contributed by atoms with Crippen LogP contribution >= 0.6 is 27.5 Å². The number of hydrogen-bond donors (Lipinski definition) is 1. The summed E-state index contributed by atoms with van der Waals surface area (Å²) < 4.78 is 0.562. The lowest BCUT2D eigenvalue weighted by molar-refractivity contribution is 0.471. The van der Waals surface area contributed by atoms with Crippen LogP contribution in [0.4, 0.5) is 5.69 Å². The van der Waals surface area contributed by atoms with E-state index in [1.165, 1.54) is 16.5 Å². The number of hydrogen-bond acceptors (Lipinski definition) is 2. The molecule has 0 radical (unpaired) electrons. The van der Waals surface area contributed by atoms with Gasteiger partial charge in [-0.25, -0.2) is 0 Å². The van der Waals surface area contributed by atoms with E-state index in [2.05, 4.69) is 45.2 Å². The highest BCUT2D eigenvalue weighted by Crippen LogP contribution is 2.36. The third-order valence-electron chi connectivity index (χ3n) is 4.25. The smallest absolute Gasteiger partial charge is 0.138 e. The summed E-state index contributed by atoms with van der Waals surface area (Å²) in [6, 6.07) is 13.9. The summed E-state index contributed by atoms with van der Waals surface area (Å²) in [6.45, 7) is 0. The summed E-state index contributed by atoms with van der Waals surface area (Å²) in [5, 5.41) is 13.2. The molecule has 4 rings (SSSR count). The zero-order chi connectivity index (χ0) is 16.0. The van der Waals surface area contributed by atoms with Gasteiger partial charge in [0.15, 0.2) is 0 Å². The van der Waals surface area contributed by atoms with Crippen molar-refractivity contribution in [3.8, 4) is 5.75 Å². The molecule has 0 aliphatic heterocycles. The van der Waals surface area contributed by atoms with E-state index in [4.69, 9.17) is 11.6 Å². The second-order valence-electron chi connectivity index (χ2n) is 5.67. The average Bonchev–Trinajstić information content (AvgIpc) is 2.96. The van der Waals surface area contributed by atoms with Crippen LogP contribution in [0.15, 0.2) is 51.9 Å². The van der Waals surface area contributed by atoms with Gasteiger partial charge in [0, 0.05) is 22.2 Å². The van der Waals surface area contributed by atoms with Crippen LogP contribution in [0, 0.1) is 0 Å². The van der Waals surface area contributed by atoms with Crippen LogP contribution in [-0.2, 0) is 12.8 Å².